The summed E-state index contributed by atoms with van der Waals surface area (Å²) in [7, 11) is 3.36. The minimum atomic E-state index is -0.225. The maximum atomic E-state index is 13.3. The summed E-state index contributed by atoms with van der Waals surface area (Å²) in [5.41, 5.74) is 0.917. The van der Waals surface area contributed by atoms with E-state index in [1.807, 2.05) is 18.7 Å². The van der Waals surface area contributed by atoms with Crippen molar-refractivity contribution in [3.8, 4) is 5.75 Å². The summed E-state index contributed by atoms with van der Waals surface area (Å²) >= 11 is 0. The van der Waals surface area contributed by atoms with Gasteiger partial charge < -0.3 is 24.6 Å². The second kappa shape index (κ2) is 10.3. The van der Waals surface area contributed by atoms with E-state index in [-0.39, 0.29) is 48.3 Å². The number of rotatable bonds is 4. The van der Waals surface area contributed by atoms with Gasteiger partial charge in [0.15, 0.2) is 0 Å². The van der Waals surface area contributed by atoms with Gasteiger partial charge in [-0.3, -0.25) is 14.4 Å². The quantitative estimate of drug-likeness (QED) is 0.770. The van der Waals surface area contributed by atoms with Crippen molar-refractivity contribution in [2.45, 2.75) is 52.2 Å². The Hall–Kier alpha value is -2.61. The van der Waals surface area contributed by atoms with Gasteiger partial charge in [0.2, 0.25) is 11.8 Å². The smallest absolute Gasteiger partial charge is 0.257 e. The number of amides is 3. The van der Waals surface area contributed by atoms with E-state index >= 15 is 0 Å². The minimum absolute atomic E-state index is 0.0365. The van der Waals surface area contributed by atoms with Crippen LogP contribution in [0.4, 0.5) is 5.69 Å². The number of benzene rings is 1. The molecule has 3 rings (SSSR count). The lowest BCUT2D eigenvalue weighted by Crippen LogP contribution is -2.49. The lowest BCUT2D eigenvalue weighted by Gasteiger charge is -2.36. The fourth-order valence-corrected chi connectivity index (χ4v) is 3.98. The molecule has 3 atom stereocenters. The Morgan fingerprint density at radius 1 is 1.22 bits per heavy atom. The van der Waals surface area contributed by atoms with Crippen LogP contribution in [0.1, 0.15) is 50.4 Å². The van der Waals surface area contributed by atoms with Crippen molar-refractivity contribution in [1.29, 1.82) is 0 Å². The fraction of sp³-hybridized carbons (Fsp3) is 0.625. The van der Waals surface area contributed by atoms with Crippen molar-refractivity contribution in [2.24, 2.45) is 11.8 Å². The Kier molecular flexibility index (Phi) is 7.77. The number of carbonyl (C=O) groups excluding carboxylic acids is 3. The van der Waals surface area contributed by atoms with E-state index in [1.54, 1.807) is 44.2 Å². The van der Waals surface area contributed by atoms with Crippen LogP contribution < -0.4 is 10.1 Å². The third kappa shape index (κ3) is 5.59. The van der Waals surface area contributed by atoms with E-state index in [9.17, 15) is 14.4 Å². The van der Waals surface area contributed by atoms with Gasteiger partial charge in [0, 0.05) is 51.2 Å². The van der Waals surface area contributed by atoms with Crippen molar-refractivity contribution in [1.82, 2.24) is 9.80 Å². The van der Waals surface area contributed by atoms with Gasteiger partial charge in [-0.2, -0.15) is 0 Å². The van der Waals surface area contributed by atoms with Gasteiger partial charge >= 0.3 is 0 Å². The molecule has 1 heterocycles. The molecule has 1 fully saturated rings. The van der Waals surface area contributed by atoms with Crippen molar-refractivity contribution in [2.75, 3.05) is 39.2 Å². The van der Waals surface area contributed by atoms with Gasteiger partial charge in [-0.15, -0.1) is 0 Å². The maximum absolute atomic E-state index is 13.3. The van der Waals surface area contributed by atoms with Crippen molar-refractivity contribution in [3.05, 3.63) is 23.8 Å². The largest absolute Gasteiger partial charge is 0.491 e. The molecule has 0 saturated heterocycles. The molecule has 0 aromatic heterocycles. The van der Waals surface area contributed by atoms with Crippen LogP contribution in [0.2, 0.25) is 0 Å². The maximum Gasteiger partial charge on any atom is 0.257 e. The molecule has 0 bridgehead atoms. The lowest BCUT2D eigenvalue weighted by molar-refractivity contribution is -0.136. The molecule has 1 aliphatic carbocycles. The zero-order valence-electron chi connectivity index (χ0n) is 19.7. The molecule has 0 spiro atoms. The summed E-state index contributed by atoms with van der Waals surface area (Å²) in [6.07, 6.45) is 2.00. The van der Waals surface area contributed by atoms with Crippen molar-refractivity contribution < 1.29 is 23.9 Å². The standard InChI is InChI=1S/C24H35N3O5/c1-6-22(28)25-18-9-10-20-19(11-18)24(30)26(4)13-21(31-5)15(2)12-27(16(3)14-32-20)23(29)17-7-8-17/h9-11,15-17,21H,6-8,12-14H2,1-5H3,(H,25,28)/t15-,16+,21-/m1/s1. The summed E-state index contributed by atoms with van der Waals surface area (Å²) in [6, 6.07) is 4.93. The zero-order chi connectivity index (χ0) is 23.4. The first-order valence-corrected chi connectivity index (χ1v) is 11.4. The molecule has 32 heavy (non-hydrogen) atoms. The molecule has 0 radical (unpaired) electrons. The lowest BCUT2D eigenvalue weighted by atomic mass is 10.0. The third-order valence-electron chi connectivity index (χ3n) is 6.26. The Morgan fingerprint density at radius 3 is 2.56 bits per heavy atom. The van der Waals surface area contributed by atoms with E-state index in [1.165, 1.54) is 0 Å². The average molecular weight is 446 g/mol. The van der Waals surface area contributed by atoms with Gasteiger partial charge in [-0.05, 0) is 38.0 Å². The van der Waals surface area contributed by atoms with Crippen LogP contribution in [0.3, 0.4) is 0 Å². The summed E-state index contributed by atoms with van der Waals surface area (Å²) in [6.45, 7) is 6.99. The molecule has 8 heteroatoms. The number of fused-ring (bicyclic) bond motifs is 1. The van der Waals surface area contributed by atoms with E-state index < -0.39 is 0 Å². The molecule has 1 aliphatic heterocycles. The predicted octanol–water partition coefficient (Wildman–Crippen LogP) is 2.78. The SMILES string of the molecule is CCC(=O)Nc1ccc2c(c1)C(=O)N(C)C[C@@H](OC)[C@H](C)CN(C(=O)C1CC1)[C@@H](C)CO2. The highest BCUT2D eigenvalue weighted by molar-refractivity contribution is 5.99. The summed E-state index contributed by atoms with van der Waals surface area (Å²) < 4.78 is 11.8. The molecule has 2 aliphatic rings. The number of anilines is 1. The monoisotopic (exact) mass is 445 g/mol. The van der Waals surface area contributed by atoms with Gasteiger partial charge in [-0.1, -0.05) is 13.8 Å². The number of methoxy groups -OCH3 is 1. The van der Waals surface area contributed by atoms with E-state index in [2.05, 4.69) is 5.32 Å². The van der Waals surface area contributed by atoms with E-state index in [0.29, 0.717) is 36.5 Å². The minimum Gasteiger partial charge on any atom is -0.491 e. The fourth-order valence-electron chi connectivity index (χ4n) is 3.98. The molecule has 1 N–H and O–H groups in total. The van der Waals surface area contributed by atoms with Gasteiger partial charge in [0.25, 0.3) is 5.91 Å². The number of nitrogens with one attached hydrogen (secondary N) is 1. The normalized spacial score (nSPS) is 24.7. The Bertz CT molecular complexity index is 854. The number of hydrogen-bond donors (Lipinski definition) is 1. The van der Waals surface area contributed by atoms with Gasteiger partial charge in [0.1, 0.15) is 12.4 Å². The summed E-state index contributed by atoms with van der Waals surface area (Å²) in [4.78, 5) is 41.6. The molecule has 3 amide bonds. The predicted molar refractivity (Wildman–Crippen MR) is 122 cm³/mol. The molecule has 8 nitrogen and oxygen atoms in total. The second-order valence-corrected chi connectivity index (χ2v) is 8.97. The first-order valence-electron chi connectivity index (χ1n) is 11.4. The first-order chi connectivity index (χ1) is 15.2. The highest BCUT2D eigenvalue weighted by atomic mass is 16.5. The average Bonchev–Trinajstić information content (AvgIpc) is 3.63. The molecular formula is C24H35N3O5. The Balaban J connectivity index is 1.94. The topological polar surface area (TPSA) is 88.2 Å². The molecule has 0 unspecified atom stereocenters. The number of ether oxygens (including phenoxy) is 2. The molecule has 176 valence electrons. The third-order valence-corrected chi connectivity index (χ3v) is 6.26. The van der Waals surface area contributed by atoms with Crippen LogP contribution in [-0.2, 0) is 14.3 Å². The zero-order valence-corrected chi connectivity index (χ0v) is 19.7. The Morgan fingerprint density at radius 2 is 1.94 bits per heavy atom. The van der Waals surface area contributed by atoms with Crippen molar-refractivity contribution in [3.63, 3.8) is 0 Å². The molecular weight excluding hydrogens is 410 g/mol. The van der Waals surface area contributed by atoms with Crippen LogP contribution in [-0.4, -0.2) is 73.5 Å². The second-order valence-electron chi connectivity index (χ2n) is 8.97. The van der Waals surface area contributed by atoms with Crippen LogP contribution in [0.15, 0.2) is 18.2 Å². The number of hydrogen-bond acceptors (Lipinski definition) is 5. The van der Waals surface area contributed by atoms with Gasteiger partial charge in [-0.25, -0.2) is 0 Å². The van der Waals surface area contributed by atoms with E-state index in [0.717, 1.165) is 12.8 Å². The number of likely N-dealkylation sites (N-methyl/N-ethyl adjacent to an activating group) is 1. The van der Waals surface area contributed by atoms with Crippen LogP contribution >= 0.6 is 0 Å². The van der Waals surface area contributed by atoms with E-state index in [4.69, 9.17) is 9.47 Å². The number of carbonyl (C=O) groups is 3. The highest BCUT2D eigenvalue weighted by Gasteiger charge is 2.37. The molecule has 1 aromatic rings. The van der Waals surface area contributed by atoms with Crippen LogP contribution in [0.5, 0.6) is 5.75 Å². The van der Waals surface area contributed by atoms with Crippen molar-refractivity contribution >= 4 is 23.4 Å². The summed E-state index contributed by atoms with van der Waals surface area (Å²) in [5.74, 6) is 0.415. The Labute approximate surface area is 190 Å². The molecule has 1 saturated carbocycles. The van der Waals surface area contributed by atoms with Crippen LogP contribution in [0.25, 0.3) is 0 Å². The van der Waals surface area contributed by atoms with Crippen LogP contribution in [0, 0.1) is 11.8 Å². The highest BCUT2D eigenvalue weighted by Crippen LogP contribution is 2.33. The first kappa shape index (κ1) is 24.0. The number of nitrogens with zero attached hydrogens (tertiary/aromatic N) is 2. The summed E-state index contributed by atoms with van der Waals surface area (Å²) in [5, 5.41) is 2.80. The van der Waals surface area contributed by atoms with Gasteiger partial charge in [0.05, 0.1) is 17.7 Å². The molecule has 1 aromatic carbocycles.